The average molecular weight is 289 g/mol. The normalized spacial score (nSPS) is 11.7. The van der Waals surface area contributed by atoms with Crippen molar-refractivity contribution in [2.24, 2.45) is 5.73 Å². The van der Waals surface area contributed by atoms with Crippen molar-refractivity contribution < 1.29 is 4.39 Å². The third-order valence-corrected chi connectivity index (χ3v) is 4.34. The molecular weight excluding hydrogens is 269 g/mol. The van der Waals surface area contributed by atoms with E-state index in [1.165, 1.54) is 11.6 Å². The molecule has 2 rings (SSSR count). The molecule has 2 aromatic rings. The van der Waals surface area contributed by atoms with Crippen molar-refractivity contribution >= 4 is 11.8 Å². The Morgan fingerprint density at radius 2 is 1.70 bits per heavy atom. The summed E-state index contributed by atoms with van der Waals surface area (Å²) in [5.41, 5.74) is 7.65. The molecule has 0 aliphatic rings. The van der Waals surface area contributed by atoms with Crippen molar-refractivity contribution in [2.75, 3.05) is 0 Å². The smallest absolute Gasteiger partial charge is 0.128 e. The van der Waals surface area contributed by atoms with E-state index in [9.17, 15) is 4.39 Å². The molecule has 0 unspecified atom stereocenters. The molecule has 0 fully saturated rings. The lowest BCUT2D eigenvalue weighted by atomic mass is 9.87. The second-order valence-electron chi connectivity index (χ2n) is 5.80. The average Bonchev–Trinajstić information content (AvgIpc) is 2.38. The van der Waals surface area contributed by atoms with Crippen molar-refractivity contribution in [3.63, 3.8) is 0 Å². The molecule has 0 spiro atoms. The number of benzene rings is 2. The first kappa shape index (κ1) is 15.1. The van der Waals surface area contributed by atoms with Crippen molar-refractivity contribution in [3.05, 3.63) is 59.4 Å². The minimum absolute atomic E-state index is 0.143. The summed E-state index contributed by atoms with van der Waals surface area (Å²) in [5, 5.41) is 0. The number of hydrogen-bond donors (Lipinski definition) is 1. The Hall–Kier alpha value is -1.32. The Morgan fingerprint density at radius 1 is 1.05 bits per heavy atom. The van der Waals surface area contributed by atoms with Crippen molar-refractivity contribution in [1.29, 1.82) is 0 Å². The zero-order valence-electron chi connectivity index (χ0n) is 12.1. The van der Waals surface area contributed by atoms with Crippen LogP contribution in [0.4, 0.5) is 4.39 Å². The maximum Gasteiger partial charge on any atom is 0.128 e. The molecule has 0 saturated carbocycles. The maximum absolute atomic E-state index is 13.7. The van der Waals surface area contributed by atoms with Crippen LogP contribution in [0.3, 0.4) is 0 Å². The van der Waals surface area contributed by atoms with E-state index >= 15 is 0 Å². The molecular formula is C17H20FNS. The van der Waals surface area contributed by atoms with Crippen molar-refractivity contribution in [3.8, 4) is 0 Å². The topological polar surface area (TPSA) is 26.0 Å². The Kier molecular flexibility index (Phi) is 4.51. The monoisotopic (exact) mass is 289 g/mol. The Balaban J connectivity index is 2.25. The standard InChI is InChI=1S/C17H20FNS/c1-17(2,3)12-7-9-13(10-8-12)20-16-6-4-5-15(18)14(16)11-19/h4-10H,11,19H2,1-3H3. The largest absolute Gasteiger partial charge is 0.326 e. The van der Waals surface area contributed by atoms with E-state index in [1.807, 2.05) is 6.07 Å². The lowest BCUT2D eigenvalue weighted by Gasteiger charge is -2.19. The summed E-state index contributed by atoms with van der Waals surface area (Å²) in [6.07, 6.45) is 0. The Bertz CT molecular complexity index is 585. The third-order valence-electron chi connectivity index (χ3n) is 3.23. The van der Waals surface area contributed by atoms with Gasteiger partial charge in [0.15, 0.2) is 0 Å². The van der Waals surface area contributed by atoms with Crippen LogP contribution in [-0.4, -0.2) is 0 Å². The van der Waals surface area contributed by atoms with Crippen LogP contribution >= 0.6 is 11.8 Å². The molecule has 1 nitrogen and oxygen atoms in total. The molecule has 0 aromatic heterocycles. The lowest BCUT2D eigenvalue weighted by Crippen LogP contribution is -2.10. The summed E-state index contributed by atoms with van der Waals surface area (Å²) >= 11 is 1.55. The van der Waals surface area contributed by atoms with Crippen LogP contribution < -0.4 is 5.73 Å². The van der Waals surface area contributed by atoms with E-state index in [2.05, 4.69) is 45.0 Å². The van der Waals surface area contributed by atoms with Crippen molar-refractivity contribution in [1.82, 2.24) is 0 Å². The summed E-state index contributed by atoms with van der Waals surface area (Å²) < 4.78 is 13.7. The molecule has 0 amide bonds. The molecule has 0 aliphatic carbocycles. The Labute approximate surface area is 124 Å². The van der Waals surface area contributed by atoms with E-state index in [0.29, 0.717) is 5.56 Å². The molecule has 2 N–H and O–H groups in total. The maximum atomic E-state index is 13.7. The van der Waals surface area contributed by atoms with Gasteiger partial charge in [-0.1, -0.05) is 50.7 Å². The first-order valence-corrected chi connectivity index (χ1v) is 7.49. The van der Waals surface area contributed by atoms with Gasteiger partial charge in [-0.15, -0.1) is 0 Å². The highest BCUT2D eigenvalue weighted by atomic mass is 32.2. The highest BCUT2D eigenvalue weighted by molar-refractivity contribution is 7.99. The summed E-state index contributed by atoms with van der Waals surface area (Å²) in [4.78, 5) is 1.98. The van der Waals surface area contributed by atoms with Crippen LogP contribution in [0.5, 0.6) is 0 Å². The number of rotatable bonds is 3. The zero-order chi connectivity index (χ0) is 14.8. The highest BCUT2D eigenvalue weighted by Crippen LogP contribution is 2.33. The fraction of sp³-hybridized carbons (Fsp3) is 0.294. The number of halogens is 1. The van der Waals surface area contributed by atoms with Gasteiger partial charge in [0.05, 0.1) is 0 Å². The fourth-order valence-electron chi connectivity index (χ4n) is 1.98. The molecule has 0 aliphatic heterocycles. The minimum Gasteiger partial charge on any atom is -0.326 e. The quantitative estimate of drug-likeness (QED) is 0.883. The van der Waals surface area contributed by atoms with Crippen LogP contribution in [-0.2, 0) is 12.0 Å². The van der Waals surface area contributed by atoms with Crippen LogP contribution in [0.25, 0.3) is 0 Å². The van der Waals surface area contributed by atoms with E-state index in [0.717, 1.165) is 9.79 Å². The molecule has 0 bridgehead atoms. The molecule has 20 heavy (non-hydrogen) atoms. The first-order valence-electron chi connectivity index (χ1n) is 6.67. The zero-order valence-corrected chi connectivity index (χ0v) is 12.9. The number of hydrogen-bond acceptors (Lipinski definition) is 2. The second kappa shape index (κ2) is 5.98. The summed E-state index contributed by atoms with van der Waals surface area (Å²) in [5.74, 6) is -0.233. The summed E-state index contributed by atoms with van der Waals surface area (Å²) in [6, 6.07) is 13.5. The minimum atomic E-state index is -0.233. The molecule has 0 radical (unpaired) electrons. The van der Waals surface area contributed by atoms with Gasteiger partial charge in [0.1, 0.15) is 5.82 Å². The van der Waals surface area contributed by atoms with Crippen molar-refractivity contribution in [2.45, 2.75) is 42.5 Å². The van der Waals surface area contributed by atoms with Crippen LogP contribution in [0.1, 0.15) is 31.9 Å². The third kappa shape index (κ3) is 3.41. The van der Waals surface area contributed by atoms with Gasteiger partial charge in [0.25, 0.3) is 0 Å². The summed E-state index contributed by atoms with van der Waals surface area (Å²) in [6.45, 7) is 6.78. The number of nitrogens with two attached hydrogens (primary N) is 1. The van der Waals surface area contributed by atoms with Gasteiger partial charge in [0.2, 0.25) is 0 Å². The van der Waals surface area contributed by atoms with Gasteiger partial charge in [0, 0.05) is 21.9 Å². The first-order chi connectivity index (χ1) is 9.41. The van der Waals surface area contributed by atoms with Crippen LogP contribution in [0.2, 0.25) is 0 Å². The van der Waals surface area contributed by atoms with Crippen LogP contribution in [0, 0.1) is 5.82 Å². The van der Waals surface area contributed by atoms with Gasteiger partial charge in [-0.2, -0.15) is 0 Å². The van der Waals surface area contributed by atoms with Gasteiger partial charge in [-0.25, -0.2) is 4.39 Å². The summed E-state index contributed by atoms with van der Waals surface area (Å²) in [7, 11) is 0. The predicted octanol–water partition coefficient (Wildman–Crippen LogP) is 4.73. The lowest BCUT2D eigenvalue weighted by molar-refractivity contribution is 0.590. The van der Waals surface area contributed by atoms with E-state index < -0.39 is 0 Å². The van der Waals surface area contributed by atoms with Gasteiger partial charge >= 0.3 is 0 Å². The van der Waals surface area contributed by atoms with Crippen LogP contribution in [0.15, 0.2) is 52.3 Å². The van der Waals surface area contributed by atoms with Gasteiger partial charge in [-0.05, 0) is 35.2 Å². The second-order valence-corrected chi connectivity index (χ2v) is 6.91. The molecule has 0 heterocycles. The highest BCUT2D eigenvalue weighted by Gasteiger charge is 2.13. The molecule has 0 saturated heterocycles. The Morgan fingerprint density at radius 3 is 2.25 bits per heavy atom. The molecule has 2 aromatic carbocycles. The SMILES string of the molecule is CC(C)(C)c1ccc(Sc2cccc(F)c2CN)cc1. The predicted molar refractivity (Wildman–Crippen MR) is 83.6 cm³/mol. The van der Waals surface area contributed by atoms with E-state index in [-0.39, 0.29) is 17.8 Å². The fourth-order valence-corrected chi connectivity index (χ4v) is 2.96. The van der Waals surface area contributed by atoms with Gasteiger partial charge < -0.3 is 5.73 Å². The molecule has 106 valence electrons. The van der Waals surface area contributed by atoms with Gasteiger partial charge in [-0.3, -0.25) is 0 Å². The van der Waals surface area contributed by atoms with E-state index in [1.54, 1.807) is 17.8 Å². The molecule has 3 heteroatoms. The molecule has 0 atom stereocenters. The van der Waals surface area contributed by atoms with E-state index in [4.69, 9.17) is 5.73 Å².